The smallest absolute Gasteiger partial charge is 0.408 e. The van der Waals surface area contributed by atoms with Gasteiger partial charge in [0.15, 0.2) is 0 Å². The van der Waals surface area contributed by atoms with E-state index in [0.717, 1.165) is 0 Å². The molecule has 0 spiro atoms. The molecule has 0 aromatic heterocycles. The highest BCUT2D eigenvalue weighted by molar-refractivity contribution is 5.85. The van der Waals surface area contributed by atoms with Crippen molar-refractivity contribution in [2.24, 2.45) is 0 Å². The maximum atomic E-state index is 12.0. The Morgan fingerprint density at radius 3 is 2.33 bits per heavy atom. The quantitative estimate of drug-likeness (QED) is 0.794. The second-order valence-corrected chi connectivity index (χ2v) is 5.31. The van der Waals surface area contributed by atoms with Crippen LogP contribution in [-0.2, 0) is 14.3 Å². The molecule has 0 radical (unpaired) electrons. The maximum absolute atomic E-state index is 12.0. The lowest BCUT2D eigenvalue weighted by Gasteiger charge is -2.29. The van der Waals surface area contributed by atoms with Gasteiger partial charge in [-0.25, -0.2) is 4.79 Å². The van der Waals surface area contributed by atoms with Crippen LogP contribution in [0.25, 0.3) is 0 Å². The Morgan fingerprint density at radius 1 is 1.28 bits per heavy atom. The molecular formula is C12H22N2O4. The number of alkyl carbamates (subject to hydrolysis) is 1. The van der Waals surface area contributed by atoms with Crippen LogP contribution < -0.4 is 5.32 Å². The molecular weight excluding hydrogens is 236 g/mol. The van der Waals surface area contributed by atoms with Crippen molar-refractivity contribution in [1.29, 1.82) is 0 Å². The summed E-state index contributed by atoms with van der Waals surface area (Å²) in [5.74, 6) is -0.107. The summed E-state index contributed by atoms with van der Waals surface area (Å²) in [7, 11) is 0. The van der Waals surface area contributed by atoms with Crippen LogP contribution in [0.2, 0.25) is 0 Å². The SMILES string of the molecule is C[C@H](NC(=O)OC(C)(C)C)C(=O)N1CCOCC1. The van der Waals surface area contributed by atoms with E-state index in [1.165, 1.54) is 0 Å². The number of morpholine rings is 1. The molecule has 1 atom stereocenters. The molecule has 1 aliphatic rings. The monoisotopic (exact) mass is 258 g/mol. The van der Waals surface area contributed by atoms with Gasteiger partial charge in [0.05, 0.1) is 13.2 Å². The molecule has 0 saturated carbocycles. The van der Waals surface area contributed by atoms with Crippen LogP contribution in [0.15, 0.2) is 0 Å². The zero-order chi connectivity index (χ0) is 13.8. The van der Waals surface area contributed by atoms with E-state index < -0.39 is 17.7 Å². The molecule has 1 aliphatic heterocycles. The number of hydrogen-bond acceptors (Lipinski definition) is 4. The lowest BCUT2D eigenvalue weighted by molar-refractivity contribution is -0.137. The Bertz CT molecular complexity index is 306. The van der Waals surface area contributed by atoms with Crippen molar-refractivity contribution in [3.8, 4) is 0 Å². The van der Waals surface area contributed by atoms with Crippen molar-refractivity contribution in [3.63, 3.8) is 0 Å². The van der Waals surface area contributed by atoms with E-state index in [0.29, 0.717) is 26.3 Å². The fraction of sp³-hybridized carbons (Fsp3) is 0.833. The van der Waals surface area contributed by atoms with Crippen LogP contribution in [-0.4, -0.2) is 54.8 Å². The predicted octanol–water partition coefficient (Wildman–Crippen LogP) is 0.758. The number of hydrogen-bond donors (Lipinski definition) is 1. The van der Waals surface area contributed by atoms with E-state index in [1.807, 2.05) is 0 Å². The average molecular weight is 258 g/mol. The number of nitrogens with one attached hydrogen (secondary N) is 1. The molecule has 6 nitrogen and oxygen atoms in total. The molecule has 2 amide bonds. The van der Waals surface area contributed by atoms with Gasteiger partial charge in [-0.1, -0.05) is 0 Å². The normalized spacial score (nSPS) is 18.1. The van der Waals surface area contributed by atoms with Crippen molar-refractivity contribution < 1.29 is 19.1 Å². The molecule has 18 heavy (non-hydrogen) atoms. The van der Waals surface area contributed by atoms with Crippen molar-refractivity contribution in [3.05, 3.63) is 0 Å². The van der Waals surface area contributed by atoms with Crippen molar-refractivity contribution in [1.82, 2.24) is 10.2 Å². The van der Waals surface area contributed by atoms with Crippen molar-refractivity contribution in [2.45, 2.75) is 39.3 Å². The number of rotatable bonds is 2. The van der Waals surface area contributed by atoms with Gasteiger partial charge in [-0.15, -0.1) is 0 Å². The van der Waals surface area contributed by atoms with Gasteiger partial charge >= 0.3 is 6.09 Å². The fourth-order valence-corrected chi connectivity index (χ4v) is 1.60. The Hall–Kier alpha value is -1.30. The van der Waals surface area contributed by atoms with Gasteiger partial charge in [0.1, 0.15) is 11.6 Å². The highest BCUT2D eigenvalue weighted by Gasteiger charge is 2.25. The topological polar surface area (TPSA) is 67.9 Å². The third-order valence-electron chi connectivity index (χ3n) is 2.43. The van der Waals surface area contributed by atoms with E-state index in [4.69, 9.17) is 9.47 Å². The first-order chi connectivity index (χ1) is 8.29. The fourth-order valence-electron chi connectivity index (χ4n) is 1.60. The van der Waals surface area contributed by atoms with Gasteiger partial charge in [-0.2, -0.15) is 0 Å². The van der Waals surface area contributed by atoms with Crippen LogP contribution in [0.4, 0.5) is 4.79 Å². The van der Waals surface area contributed by atoms with E-state index in [1.54, 1.807) is 32.6 Å². The molecule has 0 aliphatic carbocycles. The highest BCUT2D eigenvalue weighted by Crippen LogP contribution is 2.07. The highest BCUT2D eigenvalue weighted by atomic mass is 16.6. The number of ether oxygens (including phenoxy) is 2. The Morgan fingerprint density at radius 2 is 1.83 bits per heavy atom. The summed E-state index contributed by atoms with van der Waals surface area (Å²) in [6, 6.07) is -0.585. The summed E-state index contributed by atoms with van der Waals surface area (Å²) in [5.41, 5.74) is -0.564. The number of nitrogens with zero attached hydrogens (tertiary/aromatic N) is 1. The zero-order valence-electron chi connectivity index (χ0n) is 11.5. The third kappa shape index (κ3) is 4.91. The maximum Gasteiger partial charge on any atom is 0.408 e. The number of carbonyl (C=O) groups is 2. The van der Waals surface area contributed by atoms with Gasteiger partial charge in [0.25, 0.3) is 0 Å². The summed E-state index contributed by atoms with van der Waals surface area (Å²) >= 11 is 0. The summed E-state index contributed by atoms with van der Waals surface area (Å²) in [6.45, 7) is 9.22. The standard InChI is InChI=1S/C12H22N2O4/c1-9(13-11(16)18-12(2,3)4)10(15)14-5-7-17-8-6-14/h9H,5-8H2,1-4H3,(H,13,16)/t9-/m0/s1. The summed E-state index contributed by atoms with van der Waals surface area (Å²) in [6.07, 6.45) is -0.573. The van der Waals surface area contributed by atoms with E-state index in [9.17, 15) is 9.59 Å². The van der Waals surface area contributed by atoms with Crippen LogP contribution in [0.5, 0.6) is 0 Å². The van der Waals surface area contributed by atoms with Gasteiger partial charge in [-0.05, 0) is 27.7 Å². The molecule has 1 N–H and O–H groups in total. The van der Waals surface area contributed by atoms with Gasteiger partial charge in [0.2, 0.25) is 5.91 Å². The molecule has 1 saturated heterocycles. The van der Waals surface area contributed by atoms with Gasteiger partial charge in [-0.3, -0.25) is 4.79 Å². The minimum Gasteiger partial charge on any atom is -0.444 e. The molecule has 1 rings (SSSR count). The Kier molecular flexibility index (Phi) is 4.95. The van der Waals surface area contributed by atoms with E-state index in [-0.39, 0.29) is 5.91 Å². The lowest BCUT2D eigenvalue weighted by atomic mass is 10.2. The van der Waals surface area contributed by atoms with Crippen LogP contribution in [0.3, 0.4) is 0 Å². The minimum atomic E-state index is -0.585. The molecule has 0 aromatic rings. The van der Waals surface area contributed by atoms with Gasteiger partial charge in [0, 0.05) is 13.1 Å². The van der Waals surface area contributed by atoms with Crippen LogP contribution >= 0.6 is 0 Å². The molecule has 6 heteroatoms. The average Bonchev–Trinajstić information content (AvgIpc) is 2.26. The Balaban J connectivity index is 2.41. The minimum absolute atomic E-state index is 0.107. The summed E-state index contributed by atoms with van der Waals surface area (Å²) < 4.78 is 10.3. The van der Waals surface area contributed by atoms with Crippen molar-refractivity contribution in [2.75, 3.05) is 26.3 Å². The lowest BCUT2D eigenvalue weighted by Crippen LogP contribution is -2.51. The van der Waals surface area contributed by atoms with Gasteiger partial charge < -0.3 is 19.7 Å². The second-order valence-electron chi connectivity index (χ2n) is 5.31. The largest absolute Gasteiger partial charge is 0.444 e. The predicted molar refractivity (Wildman–Crippen MR) is 66.2 cm³/mol. The first kappa shape index (κ1) is 14.8. The van der Waals surface area contributed by atoms with Crippen LogP contribution in [0, 0.1) is 0 Å². The van der Waals surface area contributed by atoms with Crippen molar-refractivity contribution >= 4 is 12.0 Å². The summed E-state index contributed by atoms with van der Waals surface area (Å²) in [5, 5.41) is 2.54. The molecule has 0 aromatic carbocycles. The molecule has 104 valence electrons. The first-order valence-corrected chi connectivity index (χ1v) is 6.15. The number of amides is 2. The van der Waals surface area contributed by atoms with Crippen LogP contribution in [0.1, 0.15) is 27.7 Å². The molecule has 0 bridgehead atoms. The number of carbonyl (C=O) groups excluding carboxylic acids is 2. The first-order valence-electron chi connectivity index (χ1n) is 6.15. The van der Waals surface area contributed by atoms with E-state index >= 15 is 0 Å². The zero-order valence-corrected chi connectivity index (χ0v) is 11.5. The summed E-state index contributed by atoms with van der Waals surface area (Å²) in [4.78, 5) is 25.2. The molecule has 1 fully saturated rings. The van der Waals surface area contributed by atoms with E-state index in [2.05, 4.69) is 5.32 Å². The third-order valence-corrected chi connectivity index (χ3v) is 2.43. The molecule has 0 unspecified atom stereocenters. The second kappa shape index (κ2) is 6.04. The molecule has 1 heterocycles. The Labute approximate surface area is 108 Å².